The largest absolute Gasteiger partial charge is 0.444 e. The monoisotopic (exact) mass is 495 g/mol. The van der Waals surface area contributed by atoms with Crippen molar-refractivity contribution in [1.29, 1.82) is 0 Å². The highest BCUT2D eigenvalue weighted by atomic mass is 127. The van der Waals surface area contributed by atoms with Gasteiger partial charge in [0.2, 0.25) is 0 Å². The van der Waals surface area contributed by atoms with Crippen molar-refractivity contribution < 1.29 is 9.53 Å². The third-order valence-corrected chi connectivity index (χ3v) is 4.68. The van der Waals surface area contributed by atoms with Gasteiger partial charge in [-0.2, -0.15) is 0 Å². The average Bonchev–Trinajstić information content (AvgIpc) is 3.11. The molecule has 1 saturated heterocycles. The van der Waals surface area contributed by atoms with Crippen molar-refractivity contribution in [3.05, 3.63) is 16.1 Å². The lowest BCUT2D eigenvalue weighted by molar-refractivity contribution is 0.0507. The molecular formula is C17H30IN5O2S. The van der Waals surface area contributed by atoms with E-state index in [1.54, 1.807) is 18.4 Å². The van der Waals surface area contributed by atoms with Crippen molar-refractivity contribution in [3.63, 3.8) is 0 Å². The molecule has 7 nitrogen and oxygen atoms in total. The van der Waals surface area contributed by atoms with E-state index in [-0.39, 0.29) is 36.1 Å². The highest BCUT2D eigenvalue weighted by Crippen LogP contribution is 2.13. The predicted molar refractivity (Wildman–Crippen MR) is 117 cm³/mol. The van der Waals surface area contributed by atoms with E-state index in [2.05, 4.69) is 32.4 Å². The Morgan fingerprint density at radius 2 is 2.23 bits per heavy atom. The van der Waals surface area contributed by atoms with Gasteiger partial charge in [0.05, 0.1) is 11.0 Å². The molecule has 1 unspecified atom stereocenters. The molecule has 2 rings (SSSR count). The minimum absolute atomic E-state index is 0. The zero-order chi connectivity index (χ0) is 18.4. The molecule has 0 saturated carbocycles. The van der Waals surface area contributed by atoms with Gasteiger partial charge in [0, 0.05) is 44.2 Å². The van der Waals surface area contributed by atoms with Crippen LogP contribution in [-0.4, -0.2) is 60.3 Å². The van der Waals surface area contributed by atoms with Crippen LogP contribution in [0, 0.1) is 6.92 Å². The number of alkyl carbamates (subject to hydrolysis) is 1. The first kappa shape index (κ1) is 22.9. The quantitative estimate of drug-likeness (QED) is 0.382. The number of hydrogen-bond donors (Lipinski definition) is 2. The van der Waals surface area contributed by atoms with Crippen LogP contribution in [0.1, 0.15) is 37.1 Å². The van der Waals surface area contributed by atoms with Crippen LogP contribution < -0.4 is 10.6 Å². The molecule has 2 heterocycles. The standard InChI is InChI=1S/C17H29N5O2S.HI/c1-12-10-20-14(25-12)6-8-19-15(18-5)22-9-7-13(11-22)21-16(23)24-17(2,3)4;/h10,13H,6-9,11H2,1-5H3,(H,18,19)(H,21,23);1H. The zero-order valence-corrected chi connectivity index (χ0v) is 19.3. The van der Waals surface area contributed by atoms with Gasteiger partial charge >= 0.3 is 6.09 Å². The maximum absolute atomic E-state index is 11.9. The predicted octanol–water partition coefficient (Wildman–Crippen LogP) is 2.79. The van der Waals surface area contributed by atoms with Gasteiger partial charge in [-0.05, 0) is 34.1 Å². The number of rotatable bonds is 4. The van der Waals surface area contributed by atoms with E-state index in [0.29, 0.717) is 0 Å². The molecule has 0 aromatic carbocycles. The molecule has 1 amide bonds. The molecule has 0 bridgehead atoms. The molecule has 0 aliphatic carbocycles. The van der Waals surface area contributed by atoms with Gasteiger partial charge in [0.15, 0.2) is 5.96 Å². The number of ether oxygens (including phenoxy) is 1. The number of guanidine groups is 1. The van der Waals surface area contributed by atoms with Crippen molar-refractivity contribution in [1.82, 2.24) is 20.5 Å². The van der Waals surface area contributed by atoms with Crippen LogP contribution >= 0.6 is 35.3 Å². The van der Waals surface area contributed by atoms with E-state index in [0.717, 1.165) is 43.4 Å². The van der Waals surface area contributed by atoms with Crippen molar-refractivity contribution in [3.8, 4) is 0 Å². The molecule has 9 heteroatoms. The molecule has 0 radical (unpaired) electrons. The number of halogens is 1. The van der Waals surface area contributed by atoms with E-state index in [9.17, 15) is 4.79 Å². The van der Waals surface area contributed by atoms with Gasteiger partial charge in [-0.3, -0.25) is 4.99 Å². The van der Waals surface area contributed by atoms with E-state index in [4.69, 9.17) is 4.74 Å². The number of carbonyl (C=O) groups excluding carboxylic acids is 1. The summed E-state index contributed by atoms with van der Waals surface area (Å²) >= 11 is 1.72. The highest BCUT2D eigenvalue weighted by Gasteiger charge is 2.27. The number of nitrogens with one attached hydrogen (secondary N) is 2. The fourth-order valence-corrected chi connectivity index (χ4v) is 3.46. The second-order valence-electron chi connectivity index (χ2n) is 7.17. The van der Waals surface area contributed by atoms with Gasteiger partial charge in [-0.25, -0.2) is 9.78 Å². The minimum atomic E-state index is -0.478. The number of amides is 1. The molecule has 1 fully saturated rings. The Hall–Kier alpha value is -1.10. The Balaban J connectivity index is 0.00000338. The van der Waals surface area contributed by atoms with E-state index < -0.39 is 5.60 Å². The number of likely N-dealkylation sites (tertiary alicyclic amines) is 1. The van der Waals surface area contributed by atoms with Crippen molar-refractivity contribution in [2.45, 2.75) is 52.2 Å². The lowest BCUT2D eigenvalue weighted by atomic mass is 10.2. The number of hydrogen-bond acceptors (Lipinski definition) is 5. The Kier molecular flexibility index (Phi) is 9.08. The third-order valence-electron chi connectivity index (χ3n) is 3.71. The molecular weight excluding hydrogens is 465 g/mol. The Morgan fingerprint density at radius 3 is 2.81 bits per heavy atom. The summed E-state index contributed by atoms with van der Waals surface area (Å²) in [5, 5.41) is 7.45. The Labute approximate surface area is 177 Å². The first-order valence-corrected chi connectivity index (χ1v) is 9.45. The van der Waals surface area contributed by atoms with Crippen LogP contribution in [0.15, 0.2) is 11.2 Å². The number of thiazole rings is 1. The van der Waals surface area contributed by atoms with Crippen LogP contribution in [0.3, 0.4) is 0 Å². The van der Waals surface area contributed by atoms with Crippen LogP contribution in [0.2, 0.25) is 0 Å². The molecule has 1 aromatic heterocycles. The highest BCUT2D eigenvalue weighted by molar-refractivity contribution is 14.0. The van der Waals surface area contributed by atoms with Crippen LogP contribution in [-0.2, 0) is 11.2 Å². The van der Waals surface area contributed by atoms with Gasteiger partial charge < -0.3 is 20.3 Å². The number of carbonyl (C=O) groups is 1. The molecule has 0 spiro atoms. The van der Waals surface area contributed by atoms with Crippen LogP contribution in [0.5, 0.6) is 0 Å². The smallest absolute Gasteiger partial charge is 0.407 e. The normalized spacial score (nSPS) is 17.7. The number of aliphatic imine (C=N–C) groups is 1. The molecule has 148 valence electrons. The molecule has 1 aliphatic heterocycles. The zero-order valence-electron chi connectivity index (χ0n) is 16.2. The summed E-state index contributed by atoms with van der Waals surface area (Å²) in [4.78, 5) is 24.0. The lowest BCUT2D eigenvalue weighted by Crippen LogP contribution is -2.44. The Bertz CT molecular complexity index is 615. The summed E-state index contributed by atoms with van der Waals surface area (Å²) in [6, 6.07) is 0.0787. The molecule has 1 atom stereocenters. The van der Waals surface area contributed by atoms with Crippen molar-refractivity contribution in [2.24, 2.45) is 4.99 Å². The van der Waals surface area contributed by atoms with Gasteiger partial charge in [0.1, 0.15) is 5.60 Å². The summed E-state index contributed by atoms with van der Waals surface area (Å²) in [6.07, 6.45) is 3.31. The number of nitrogens with zero attached hydrogens (tertiary/aromatic N) is 3. The fraction of sp³-hybridized carbons (Fsp3) is 0.706. The number of aromatic nitrogens is 1. The maximum atomic E-state index is 11.9. The summed E-state index contributed by atoms with van der Waals surface area (Å²) in [5.41, 5.74) is -0.478. The van der Waals surface area contributed by atoms with E-state index in [1.165, 1.54) is 4.88 Å². The average molecular weight is 495 g/mol. The second kappa shape index (κ2) is 10.3. The first-order chi connectivity index (χ1) is 11.8. The summed E-state index contributed by atoms with van der Waals surface area (Å²) in [5.74, 6) is 0.863. The first-order valence-electron chi connectivity index (χ1n) is 8.63. The SMILES string of the molecule is CN=C(NCCc1ncc(C)s1)N1CCC(NC(=O)OC(C)(C)C)C1.I. The Morgan fingerprint density at radius 1 is 1.50 bits per heavy atom. The van der Waals surface area contributed by atoms with E-state index in [1.807, 2.05) is 27.0 Å². The summed E-state index contributed by atoms with van der Waals surface area (Å²) < 4.78 is 5.32. The molecule has 26 heavy (non-hydrogen) atoms. The molecule has 2 N–H and O–H groups in total. The summed E-state index contributed by atoms with van der Waals surface area (Å²) in [6.45, 7) is 10.0. The van der Waals surface area contributed by atoms with E-state index >= 15 is 0 Å². The fourth-order valence-electron chi connectivity index (χ4n) is 2.68. The van der Waals surface area contributed by atoms with Gasteiger partial charge in [-0.1, -0.05) is 0 Å². The third kappa shape index (κ3) is 7.65. The molecule has 1 aliphatic rings. The van der Waals surface area contributed by atoms with Crippen molar-refractivity contribution in [2.75, 3.05) is 26.7 Å². The van der Waals surface area contributed by atoms with Gasteiger partial charge in [0.25, 0.3) is 0 Å². The lowest BCUT2D eigenvalue weighted by Gasteiger charge is -2.23. The second-order valence-corrected chi connectivity index (χ2v) is 8.49. The molecule has 1 aromatic rings. The minimum Gasteiger partial charge on any atom is -0.444 e. The van der Waals surface area contributed by atoms with Crippen LogP contribution in [0.25, 0.3) is 0 Å². The van der Waals surface area contributed by atoms with Crippen molar-refractivity contribution >= 4 is 47.4 Å². The topological polar surface area (TPSA) is 78.9 Å². The van der Waals surface area contributed by atoms with Gasteiger partial charge in [-0.15, -0.1) is 35.3 Å². The maximum Gasteiger partial charge on any atom is 0.407 e. The van der Waals surface area contributed by atoms with Crippen LogP contribution in [0.4, 0.5) is 4.79 Å². The number of aryl methyl sites for hydroxylation is 1. The summed E-state index contributed by atoms with van der Waals surface area (Å²) in [7, 11) is 1.78.